The largest absolute Gasteiger partial charge is 0.380 e. The molecule has 0 heterocycles. The molecule has 0 amide bonds. The smallest absolute Gasteiger partial charge is 0.0590 e. The Morgan fingerprint density at radius 1 is 1.29 bits per heavy atom. The highest BCUT2D eigenvalue weighted by atomic mass is 79.9. The summed E-state index contributed by atoms with van der Waals surface area (Å²) in [6, 6.07) is 0.569. The lowest BCUT2D eigenvalue weighted by atomic mass is 10.2. The molecule has 0 aromatic rings. The van der Waals surface area contributed by atoms with Crippen LogP contribution in [0.5, 0.6) is 0 Å². The molecular formula is C11H24BrNO. The highest BCUT2D eigenvalue weighted by Gasteiger charge is 2.04. The quantitative estimate of drug-likeness (QED) is 0.511. The van der Waals surface area contributed by atoms with Crippen LogP contribution in [0, 0.1) is 0 Å². The molecule has 1 N–H and O–H groups in total. The first-order valence-electron chi connectivity index (χ1n) is 5.62. The Morgan fingerprint density at radius 3 is 2.57 bits per heavy atom. The molecule has 0 bridgehead atoms. The number of ether oxygens (including phenoxy) is 1. The van der Waals surface area contributed by atoms with Crippen molar-refractivity contribution in [3.05, 3.63) is 0 Å². The van der Waals surface area contributed by atoms with Gasteiger partial charge >= 0.3 is 0 Å². The van der Waals surface area contributed by atoms with Gasteiger partial charge in [0.05, 0.1) is 6.61 Å². The van der Waals surface area contributed by atoms with Gasteiger partial charge in [0.1, 0.15) is 0 Å². The first kappa shape index (κ1) is 14.4. The van der Waals surface area contributed by atoms with Crippen molar-refractivity contribution in [1.29, 1.82) is 0 Å². The second kappa shape index (κ2) is 9.94. The Bertz CT molecular complexity index is 120. The maximum Gasteiger partial charge on any atom is 0.0590 e. The van der Waals surface area contributed by atoms with E-state index >= 15 is 0 Å². The van der Waals surface area contributed by atoms with E-state index in [0.29, 0.717) is 10.9 Å². The fraction of sp³-hybridized carbons (Fsp3) is 1.00. The molecule has 86 valence electrons. The van der Waals surface area contributed by atoms with Crippen molar-refractivity contribution in [2.75, 3.05) is 19.8 Å². The average molecular weight is 266 g/mol. The van der Waals surface area contributed by atoms with E-state index < -0.39 is 0 Å². The summed E-state index contributed by atoms with van der Waals surface area (Å²) in [5.74, 6) is 0. The SMILES string of the molecule is CCCCOCCNC(C)CC(C)Br. The number of halogens is 1. The van der Waals surface area contributed by atoms with Crippen molar-refractivity contribution < 1.29 is 4.74 Å². The van der Waals surface area contributed by atoms with Gasteiger partial charge in [-0.1, -0.05) is 36.2 Å². The van der Waals surface area contributed by atoms with Crippen LogP contribution in [0.25, 0.3) is 0 Å². The van der Waals surface area contributed by atoms with E-state index in [0.717, 1.165) is 26.2 Å². The fourth-order valence-corrected chi connectivity index (χ4v) is 1.86. The minimum absolute atomic E-state index is 0.569. The van der Waals surface area contributed by atoms with E-state index in [9.17, 15) is 0 Å². The Kier molecular flexibility index (Phi) is 10.2. The van der Waals surface area contributed by atoms with Gasteiger partial charge < -0.3 is 10.1 Å². The summed E-state index contributed by atoms with van der Waals surface area (Å²) in [6.07, 6.45) is 3.55. The standard InChI is InChI=1S/C11H24BrNO/c1-4-5-7-14-8-6-13-11(3)9-10(2)12/h10-11,13H,4-9H2,1-3H3. The van der Waals surface area contributed by atoms with E-state index in [4.69, 9.17) is 4.74 Å². The number of hydrogen-bond donors (Lipinski definition) is 1. The maximum atomic E-state index is 5.46. The van der Waals surface area contributed by atoms with Crippen molar-refractivity contribution in [1.82, 2.24) is 5.32 Å². The molecular weight excluding hydrogens is 242 g/mol. The van der Waals surface area contributed by atoms with Crippen molar-refractivity contribution in [3.8, 4) is 0 Å². The molecule has 2 nitrogen and oxygen atoms in total. The Balaban J connectivity index is 3.10. The molecule has 0 saturated heterocycles. The molecule has 0 aliphatic heterocycles. The van der Waals surface area contributed by atoms with Crippen molar-refractivity contribution in [3.63, 3.8) is 0 Å². The van der Waals surface area contributed by atoms with Gasteiger partial charge in [-0.2, -0.15) is 0 Å². The monoisotopic (exact) mass is 265 g/mol. The topological polar surface area (TPSA) is 21.3 Å². The maximum absolute atomic E-state index is 5.46. The molecule has 0 fully saturated rings. The van der Waals surface area contributed by atoms with Crippen molar-refractivity contribution in [2.24, 2.45) is 0 Å². The van der Waals surface area contributed by atoms with Crippen LogP contribution in [0.15, 0.2) is 0 Å². The van der Waals surface area contributed by atoms with Gasteiger partial charge in [-0.25, -0.2) is 0 Å². The molecule has 3 heteroatoms. The lowest BCUT2D eigenvalue weighted by Crippen LogP contribution is -2.31. The number of unbranched alkanes of at least 4 members (excludes halogenated alkanes) is 1. The van der Waals surface area contributed by atoms with Crippen molar-refractivity contribution >= 4 is 15.9 Å². The molecule has 0 aromatic heterocycles. The third-order valence-electron chi connectivity index (χ3n) is 2.06. The van der Waals surface area contributed by atoms with Crippen LogP contribution in [0.1, 0.15) is 40.0 Å². The molecule has 0 radical (unpaired) electrons. The highest BCUT2D eigenvalue weighted by Crippen LogP contribution is 2.05. The molecule has 0 aliphatic carbocycles. The second-order valence-electron chi connectivity index (χ2n) is 3.84. The van der Waals surface area contributed by atoms with Gasteiger partial charge in [0.2, 0.25) is 0 Å². The van der Waals surface area contributed by atoms with E-state index in [1.165, 1.54) is 12.8 Å². The zero-order valence-corrected chi connectivity index (χ0v) is 11.3. The predicted molar refractivity (Wildman–Crippen MR) is 66.2 cm³/mol. The molecule has 0 aromatic carbocycles. The normalized spacial score (nSPS) is 15.4. The minimum atomic E-state index is 0.569. The predicted octanol–water partition coefficient (Wildman–Crippen LogP) is 2.95. The zero-order chi connectivity index (χ0) is 10.8. The van der Waals surface area contributed by atoms with Crippen molar-refractivity contribution in [2.45, 2.75) is 50.9 Å². The molecule has 0 aliphatic rings. The number of nitrogens with one attached hydrogen (secondary N) is 1. The van der Waals surface area contributed by atoms with E-state index in [2.05, 4.69) is 42.0 Å². The van der Waals surface area contributed by atoms with Crippen LogP contribution in [0.3, 0.4) is 0 Å². The fourth-order valence-electron chi connectivity index (χ4n) is 1.30. The van der Waals surface area contributed by atoms with Crippen LogP contribution >= 0.6 is 15.9 Å². The average Bonchev–Trinajstić information content (AvgIpc) is 2.10. The van der Waals surface area contributed by atoms with Gasteiger partial charge in [-0.3, -0.25) is 0 Å². The lowest BCUT2D eigenvalue weighted by molar-refractivity contribution is 0.131. The first-order chi connectivity index (χ1) is 6.66. The number of alkyl halides is 1. The molecule has 14 heavy (non-hydrogen) atoms. The summed E-state index contributed by atoms with van der Waals surface area (Å²) >= 11 is 3.55. The second-order valence-corrected chi connectivity index (χ2v) is 5.40. The highest BCUT2D eigenvalue weighted by molar-refractivity contribution is 9.09. The van der Waals surface area contributed by atoms with Crippen LogP contribution in [-0.2, 0) is 4.74 Å². The van der Waals surface area contributed by atoms with Crippen LogP contribution in [0.2, 0.25) is 0 Å². The summed E-state index contributed by atoms with van der Waals surface area (Å²) in [4.78, 5) is 0.589. The summed E-state index contributed by atoms with van der Waals surface area (Å²) in [6.45, 7) is 9.27. The van der Waals surface area contributed by atoms with Gasteiger partial charge in [0, 0.05) is 24.0 Å². The molecule has 2 atom stereocenters. The third-order valence-corrected chi connectivity index (χ3v) is 2.43. The van der Waals surface area contributed by atoms with E-state index in [1.54, 1.807) is 0 Å². The Morgan fingerprint density at radius 2 is 2.00 bits per heavy atom. The molecule has 2 unspecified atom stereocenters. The lowest BCUT2D eigenvalue weighted by Gasteiger charge is -2.14. The van der Waals surface area contributed by atoms with Crippen LogP contribution in [-0.4, -0.2) is 30.6 Å². The summed E-state index contributed by atoms with van der Waals surface area (Å²) in [5, 5.41) is 3.44. The summed E-state index contributed by atoms with van der Waals surface area (Å²) < 4.78 is 5.46. The first-order valence-corrected chi connectivity index (χ1v) is 6.53. The number of rotatable bonds is 9. The number of hydrogen-bond acceptors (Lipinski definition) is 2. The third kappa shape index (κ3) is 10.5. The summed E-state index contributed by atoms with van der Waals surface area (Å²) in [5.41, 5.74) is 0. The van der Waals surface area contributed by atoms with E-state index in [-0.39, 0.29) is 0 Å². The molecule has 0 rings (SSSR count). The molecule has 0 spiro atoms. The Labute approximate surface area is 96.9 Å². The van der Waals surface area contributed by atoms with Gasteiger partial charge in [0.15, 0.2) is 0 Å². The van der Waals surface area contributed by atoms with Crippen LogP contribution < -0.4 is 5.32 Å². The van der Waals surface area contributed by atoms with Gasteiger partial charge in [0.25, 0.3) is 0 Å². The molecule has 0 saturated carbocycles. The zero-order valence-electron chi connectivity index (χ0n) is 9.68. The minimum Gasteiger partial charge on any atom is -0.380 e. The Hall–Kier alpha value is 0.400. The summed E-state index contributed by atoms with van der Waals surface area (Å²) in [7, 11) is 0. The van der Waals surface area contributed by atoms with E-state index in [1.807, 2.05) is 0 Å². The van der Waals surface area contributed by atoms with Gasteiger partial charge in [-0.05, 0) is 19.8 Å². The van der Waals surface area contributed by atoms with Gasteiger partial charge in [-0.15, -0.1) is 0 Å². The van der Waals surface area contributed by atoms with Crippen LogP contribution in [0.4, 0.5) is 0 Å².